The van der Waals surface area contributed by atoms with Crippen molar-refractivity contribution in [3.63, 3.8) is 0 Å². The molecule has 0 aliphatic heterocycles. The summed E-state index contributed by atoms with van der Waals surface area (Å²) in [6, 6.07) is 0. The third kappa shape index (κ3) is 50.9. The Labute approximate surface area is 48.7 Å². The second kappa shape index (κ2) is 20.6. The molecular weight excluding hydrogens is 154 g/mol. The number of hydrogen-bond donors (Lipinski definition) is 0. The van der Waals surface area contributed by atoms with E-state index < -0.39 is 0 Å². The molecule has 4 heteroatoms. The van der Waals surface area contributed by atoms with Crippen molar-refractivity contribution in [1.82, 2.24) is 0 Å². The van der Waals surface area contributed by atoms with Gasteiger partial charge in [-0.2, -0.15) is 0 Å². The maximum atomic E-state index is 8.06. The van der Waals surface area contributed by atoms with Crippen molar-refractivity contribution in [1.29, 1.82) is 0 Å². The van der Waals surface area contributed by atoms with Gasteiger partial charge in [-0.15, -0.1) is 23.2 Å². The summed E-state index contributed by atoms with van der Waals surface area (Å²) < 4.78 is 8.06. The van der Waals surface area contributed by atoms with Crippen LogP contribution in [0.3, 0.4) is 0 Å². The van der Waals surface area contributed by atoms with Gasteiger partial charge in [0.1, 0.15) is 0 Å². The normalized spacial score (nSPS) is 4.40. The van der Waals surface area contributed by atoms with Crippen molar-refractivity contribution in [3.05, 3.63) is 0 Å². The van der Waals surface area contributed by atoms with E-state index in [-0.39, 0.29) is 5.34 Å². The van der Waals surface area contributed by atoms with E-state index in [0.717, 1.165) is 0 Å². The summed E-state index contributed by atoms with van der Waals surface area (Å²) in [5, 5.41) is 0.194. The van der Waals surface area contributed by atoms with Crippen LogP contribution >= 0.6 is 23.2 Å². The molecule has 0 saturated carbocycles. The van der Waals surface area contributed by atoms with Gasteiger partial charge >= 0.3 is 19.8 Å². The molecule has 0 unspecified atom stereocenters. The Balaban J connectivity index is 0. The van der Waals surface area contributed by atoms with Crippen LogP contribution in [0.1, 0.15) is 0 Å². The van der Waals surface area contributed by atoms with Crippen molar-refractivity contribution in [2.75, 3.05) is 5.34 Å². The fourth-order valence-corrected chi connectivity index (χ4v) is 0. The molecule has 0 atom stereocenters. The van der Waals surface area contributed by atoms with Crippen LogP contribution in [0.2, 0.25) is 0 Å². The zero-order valence-electron chi connectivity index (χ0n) is 2.25. The van der Waals surface area contributed by atoms with E-state index in [1.807, 2.05) is 0 Å². The van der Waals surface area contributed by atoms with Crippen LogP contribution in [-0.2, 0) is 19.8 Å². The monoisotopic (exact) mass is 155 g/mol. The molecule has 0 heterocycles. The zero-order valence-corrected chi connectivity index (χ0v) is 4.94. The summed E-state index contributed by atoms with van der Waals surface area (Å²) >= 11 is 11.2. The van der Waals surface area contributed by atoms with Gasteiger partial charge in [0.05, 0.1) is 5.34 Å². The Kier molecular flexibility index (Phi) is 38.5. The summed E-state index contributed by atoms with van der Waals surface area (Å²) in [4.78, 5) is 0. The predicted octanol–water partition coefficient (Wildman–Crippen LogP) is 1.30. The van der Waals surface area contributed by atoms with Crippen LogP contribution < -0.4 is 0 Å². The summed E-state index contributed by atoms with van der Waals surface area (Å²) in [6.45, 7) is 0. The first-order valence-electron chi connectivity index (χ1n) is 0.689. The minimum absolute atomic E-state index is 0.194. The van der Waals surface area contributed by atoms with Gasteiger partial charge in [-0.3, -0.25) is 0 Å². The zero-order chi connectivity index (χ0) is 4.71. The Morgan fingerprint density at radius 1 is 1.40 bits per heavy atom. The fourth-order valence-electron chi connectivity index (χ4n) is 0. The number of rotatable bonds is 0. The second-order valence-corrected chi connectivity index (χ2v) is 0.909. The molecule has 0 aliphatic rings. The van der Waals surface area contributed by atoms with Crippen LogP contribution in [0.4, 0.5) is 0 Å². The quantitative estimate of drug-likeness (QED) is 0.381. The molecule has 0 rings (SSSR count). The molecule has 0 N–H and O–H groups in total. The number of hydrogen-bond acceptors (Lipinski definition) is 1. The van der Waals surface area contributed by atoms with Crippen molar-refractivity contribution >= 4 is 23.2 Å². The average molecular weight is 156 g/mol. The van der Waals surface area contributed by atoms with E-state index in [4.69, 9.17) is 27.0 Å². The van der Waals surface area contributed by atoms with Gasteiger partial charge in [0.25, 0.3) is 0 Å². The average Bonchev–Trinajstić information content (AvgIpc) is 1.46. The van der Waals surface area contributed by atoms with Crippen LogP contribution in [0, 0.1) is 0 Å². The van der Waals surface area contributed by atoms with E-state index >= 15 is 0 Å². The molecule has 33 valence electrons. The van der Waals surface area contributed by atoms with Gasteiger partial charge in [-0.1, -0.05) is 0 Å². The first-order valence-corrected chi connectivity index (χ1v) is 2.24. The standard InChI is InChI=1S/CH2Cl2.Mn.O/c2-1-3;;/h1H2;;. The molecule has 0 saturated heterocycles. The second-order valence-electron chi connectivity index (χ2n) is 0.101. The van der Waals surface area contributed by atoms with Crippen LogP contribution in [0.15, 0.2) is 0 Å². The van der Waals surface area contributed by atoms with Gasteiger partial charge in [-0.05, 0) is 0 Å². The van der Waals surface area contributed by atoms with Crippen molar-refractivity contribution in [2.45, 2.75) is 0 Å². The Hall–Kier alpha value is 0.899. The molecule has 0 bridgehead atoms. The van der Waals surface area contributed by atoms with Crippen molar-refractivity contribution in [3.8, 4) is 0 Å². The van der Waals surface area contributed by atoms with Gasteiger partial charge < -0.3 is 0 Å². The maximum absolute atomic E-state index is 8.06. The molecule has 0 aliphatic carbocycles. The molecule has 0 amide bonds. The van der Waals surface area contributed by atoms with E-state index in [9.17, 15) is 0 Å². The SMILES string of the molecule is ClCCl.[O]=[Mn]. The van der Waals surface area contributed by atoms with Gasteiger partial charge in [0.2, 0.25) is 0 Å². The van der Waals surface area contributed by atoms with Crippen molar-refractivity contribution in [2.24, 2.45) is 0 Å². The van der Waals surface area contributed by atoms with Crippen LogP contribution in [0.5, 0.6) is 0 Å². The van der Waals surface area contributed by atoms with Crippen molar-refractivity contribution < 1.29 is 19.8 Å². The van der Waals surface area contributed by atoms with Gasteiger partial charge in [-0.25, -0.2) is 0 Å². The van der Waals surface area contributed by atoms with E-state index in [1.165, 1.54) is 0 Å². The van der Waals surface area contributed by atoms with Gasteiger partial charge in [0, 0.05) is 0 Å². The van der Waals surface area contributed by atoms with Crippen LogP contribution in [-0.4, -0.2) is 5.34 Å². The molecule has 0 aromatic heterocycles. The van der Waals surface area contributed by atoms with E-state index in [1.54, 1.807) is 15.9 Å². The van der Waals surface area contributed by atoms with E-state index in [2.05, 4.69) is 0 Å². The first-order chi connectivity index (χ1) is 2.41. The molecule has 0 fully saturated rings. The topological polar surface area (TPSA) is 17.1 Å². The molecule has 0 spiro atoms. The Morgan fingerprint density at radius 2 is 1.40 bits per heavy atom. The molecule has 0 aromatic rings. The number of alkyl halides is 2. The Bertz CT molecular complexity index is 13.6. The summed E-state index contributed by atoms with van der Waals surface area (Å²) in [5.41, 5.74) is 0. The fraction of sp³-hybridized carbons (Fsp3) is 1.00. The summed E-state index contributed by atoms with van der Waals surface area (Å²) in [7, 11) is 0. The molecule has 5 heavy (non-hydrogen) atoms. The third-order valence-corrected chi connectivity index (χ3v) is 0. The van der Waals surface area contributed by atoms with E-state index in [0.29, 0.717) is 0 Å². The molecular formula is CH2Cl2MnO. The third-order valence-electron chi connectivity index (χ3n) is 0. The van der Waals surface area contributed by atoms with Crippen LogP contribution in [0.25, 0.3) is 0 Å². The molecule has 0 radical (unpaired) electrons. The summed E-state index contributed by atoms with van der Waals surface area (Å²) in [6.07, 6.45) is 0. The van der Waals surface area contributed by atoms with Gasteiger partial charge in [0.15, 0.2) is 0 Å². The summed E-state index contributed by atoms with van der Waals surface area (Å²) in [5.74, 6) is 0. The minimum atomic E-state index is 0.194. The Morgan fingerprint density at radius 3 is 1.40 bits per heavy atom. The first kappa shape index (κ1) is 9.31. The predicted molar refractivity (Wildman–Crippen MR) is 17.3 cm³/mol. The molecule has 1 nitrogen and oxygen atoms in total. The number of halogens is 2. The molecule has 0 aromatic carbocycles.